The molecule has 1 saturated heterocycles. The van der Waals surface area contributed by atoms with E-state index in [9.17, 15) is 4.79 Å². The van der Waals surface area contributed by atoms with E-state index in [0.717, 1.165) is 44.8 Å². The van der Waals surface area contributed by atoms with Crippen molar-refractivity contribution in [2.24, 2.45) is 11.3 Å². The highest BCUT2D eigenvalue weighted by molar-refractivity contribution is 5.82. The zero-order valence-electron chi connectivity index (χ0n) is 11.6. The van der Waals surface area contributed by atoms with Gasteiger partial charge in [0.2, 0.25) is 5.91 Å². The molecule has 0 spiro atoms. The SMILES string of the molecule is CC(C)CCCCNC(=O)C1(C)CCNCC1. The Morgan fingerprint density at radius 2 is 1.94 bits per heavy atom. The van der Waals surface area contributed by atoms with Crippen LogP contribution in [0.1, 0.15) is 52.9 Å². The molecule has 17 heavy (non-hydrogen) atoms. The first-order chi connectivity index (χ1) is 8.04. The molecule has 0 aromatic heterocycles. The summed E-state index contributed by atoms with van der Waals surface area (Å²) in [5.41, 5.74) is -0.136. The van der Waals surface area contributed by atoms with Gasteiger partial charge in [-0.25, -0.2) is 0 Å². The van der Waals surface area contributed by atoms with E-state index in [1.54, 1.807) is 0 Å². The van der Waals surface area contributed by atoms with Crippen LogP contribution >= 0.6 is 0 Å². The van der Waals surface area contributed by atoms with Crippen LogP contribution in [0.25, 0.3) is 0 Å². The van der Waals surface area contributed by atoms with Gasteiger partial charge in [0, 0.05) is 12.0 Å². The number of piperidine rings is 1. The average molecular weight is 240 g/mol. The quantitative estimate of drug-likeness (QED) is 0.700. The van der Waals surface area contributed by atoms with Gasteiger partial charge >= 0.3 is 0 Å². The van der Waals surface area contributed by atoms with E-state index >= 15 is 0 Å². The van der Waals surface area contributed by atoms with E-state index in [1.807, 2.05) is 0 Å². The second-order valence-electron chi connectivity index (χ2n) is 5.96. The number of amides is 1. The third-order valence-corrected chi connectivity index (χ3v) is 3.75. The van der Waals surface area contributed by atoms with Crippen molar-refractivity contribution in [3.63, 3.8) is 0 Å². The summed E-state index contributed by atoms with van der Waals surface area (Å²) in [4.78, 5) is 12.1. The summed E-state index contributed by atoms with van der Waals surface area (Å²) < 4.78 is 0. The number of hydrogen-bond donors (Lipinski definition) is 2. The third-order valence-electron chi connectivity index (χ3n) is 3.75. The normalized spacial score (nSPS) is 19.3. The zero-order valence-corrected chi connectivity index (χ0v) is 11.6. The first-order valence-corrected chi connectivity index (χ1v) is 7.03. The van der Waals surface area contributed by atoms with Gasteiger partial charge in [0.05, 0.1) is 0 Å². The largest absolute Gasteiger partial charge is 0.356 e. The van der Waals surface area contributed by atoms with Crippen LogP contribution in [-0.4, -0.2) is 25.5 Å². The molecule has 3 nitrogen and oxygen atoms in total. The Morgan fingerprint density at radius 3 is 2.53 bits per heavy atom. The smallest absolute Gasteiger partial charge is 0.226 e. The van der Waals surface area contributed by atoms with Crippen molar-refractivity contribution in [1.82, 2.24) is 10.6 Å². The lowest BCUT2D eigenvalue weighted by Crippen LogP contribution is -2.46. The predicted molar refractivity (Wildman–Crippen MR) is 71.9 cm³/mol. The van der Waals surface area contributed by atoms with Gasteiger partial charge in [-0.3, -0.25) is 4.79 Å². The van der Waals surface area contributed by atoms with Gasteiger partial charge in [0.25, 0.3) is 0 Å². The summed E-state index contributed by atoms with van der Waals surface area (Å²) in [6.07, 6.45) is 5.52. The van der Waals surface area contributed by atoms with Crippen LogP contribution < -0.4 is 10.6 Å². The number of unbranched alkanes of at least 4 members (excludes halogenated alkanes) is 1. The minimum Gasteiger partial charge on any atom is -0.356 e. The molecule has 0 aromatic carbocycles. The maximum absolute atomic E-state index is 12.1. The number of rotatable bonds is 6. The molecular weight excluding hydrogens is 212 g/mol. The van der Waals surface area contributed by atoms with E-state index < -0.39 is 0 Å². The summed E-state index contributed by atoms with van der Waals surface area (Å²) in [7, 11) is 0. The Balaban J connectivity index is 2.15. The van der Waals surface area contributed by atoms with Crippen LogP contribution in [0.3, 0.4) is 0 Å². The number of hydrogen-bond acceptors (Lipinski definition) is 2. The monoisotopic (exact) mass is 240 g/mol. The number of carbonyl (C=O) groups is 1. The summed E-state index contributed by atoms with van der Waals surface area (Å²) in [6, 6.07) is 0. The van der Waals surface area contributed by atoms with Gasteiger partial charge in [0.1, 0.15) is 0 Å². The fraction of sp³-hybridized carbons (Fsp3) is 0.929. The second kappa shape index (κ2) is 7.00. The van der Waals surface area contributed by atoms with Gasteiger partial charge in [0.15, 0.2) is 0 Å². The maximum atomic E-state index is 12.1. The van der Waals surface area contributed by atoms with E-state index in [0.29, 0.717) is 0 Å². The van der Waals surface area contributed by atoms with Crippen molar-refractivity contribution in [2.75, 3.05) is 19.6 Å². The summed E-state index contributed by atoms with van der Waals surface area (Å²) in [6.45, 7) is 9.36. The van der Waals surface area contributed by atoms with E-state index in [4.69, 9.17) is 0 Å². The highest BCUT2D eigenvalue weighted by Crippen LogP contribution is 2.27. The predicted octanol–water partition coefficient (Wildman–Crippen LogP) is 2.32. The first-order valence-electron chi connectivity index (χ1n) is 7.03. The number of nitrogens with one attached hydrogen (secondary N) is 2. The van der Waals surface area contributed by atoms with Crippen LogP contribution in [0, 0.1) is 11.3 Å². The Bertz CT molecular complexity index is 232. The molecule has 0 aliphatic carbocycles. The van der Waals surface area contributed by atoms with Gasteiger partial charge in [-0.05, 0) is 38.3 Å². The van der Waals surface area contributed by atoms with Crippen LogP contribution in [0.2, 0.25) is 0 Å². The zero-order chi connectivity index (χ0) is 12.7. The average Bonchev–Trinajstić information content (AvgIpc) is 2.29. The van der Waals surface area contributed by atoms with Crippen molar-refractivity contribution in [1.29, 1.82) is 0 Å². The molecule has 0 unspecified atom stereocenters. The topological polar surface area (TPSA) is 41.1 Å². The molecule has 1 amide bonds. The lowest BCUT2D eigenvalue weighted by atomic mass is 9.80. The summed E-state index contributed by atoms with van der Waals surface area (Å²) in [5, 5.41) is 6.40. The first kappa shape index (κ1) is 14.5. The molecule has 3 heteroatoms. The maximum Gasteiger partial charge on any atom is 0.226 e. The van der Waals surface area contributed by atoms with Crippen molar-refractivity contribution in [3.8, 4) is 0 Å². The standard InChI is InChI=1S/C14H28N2O/c1-12(2)6-4-5-9-16-13(17)14(3)7-10-15-11-8-14/h12,15H,4-11H2,1-3H3,(H,16,17). The van der Waals surface area contributed by atoms with Gasteiger partial charge in [-0.2, -0.15) is 0 Å². The van der Waals surface area contributed by atoms with Crippen molar-refractivity contribution in [2.45, 2.75) is 52.9 Å². The van der Waals surface area contributed by atoms with E-state index in [2.05, 4.69) is 31.4 Å². The van der Waals surface area contributed by atoms with Crippen molar-refractivity contribution < 1.29 is 4.79 Å². The molecule has 0 atom stereocenters. The highest BCUT2D eigenvalue weighted by atomic mass is 16.2. The molecule has 1 rings (SSSR count). The van der Waals surface area contributed by atoms with Crippen LogP contribution in [-0.2, 0) is 4.79 Å². The van der Waals surface area contributed by atoms with Gasteiger partial charge in [-0.1, -0.05) is 33.6 Å². The molecule has 1 fully saturated rings. The van der Waals surface area contributed by atoms with E-state index in [1.165, 1.54) is 12.8 Å². The lowest BCUT2D eigenvalue weighted by molar-refractivity contribution is -0.131. The Hall–Kier alpha value is -0.570. The second-order valence-corrected chi connectivity index (χ2v) is 5.96. The molecule has 0 aromatic rings. The van der Waals surface area contributed by atoms with Crippen LogP contribution in [0.4, 0.5) is 0 Å². The van der Waals surface area contributed by atoms with E-state index in [-0.39, 0.29) is 11.3 Å². The highest BCUT2D eigenvalue weighted by Gasteiger charge is 2.33. The third kappa shape index (κ3) is 5.07. The fourth-order valence-electron chi connectivity index (χ4n) is 2.30. The number of carbonyl (C=O) groups excluding carboxylic acids is 1. The molecule has 2 N–H and O–H groups in total. The molecule has 0 saturated carbocycles. The molecule has 0 radical (unpaired) electrons. The summed E-state index contributed by atoms with van der Waals surface area (Å²) in [5.74, 6) is 1.02. The molecule has 100 valence electrons. The van der Waals surface area contributed by atoms with Crippen LogP contribution in [0.15, 0.2) is 0 Å². The molecule has 1 aliphatic rings. The Kier molecular flexibility index (Phi) is 5.96. The minimum atomic E-state index is -0.136. The lowest BCUT2D eigenvalue weighted by Gasteiger charge is -2.32. The molecule has 0 bridgehead atoms. The molecule has 1 aliphatic heterocycles. The molecule has 1 heterocycles. The Morgan fingerprint density at radius 1 is 1.29 bits per heavy atom. The Labute approximate surface area is 106 Å². The van der Waals surface area contributed by atoms with Crippen molar-refractivity contribution >= 4 is 5.91 Å². The fourth-order valence-corrected chi connectivity index (χ4v) is 2.30. The van der Waals surface area contributed by atoms with Crippen molar-refractivity contribution in [3.05, 3.63) is 0 Å². The van der Waals surface area contributed by atoms with Crippen LogP contribution in [0.5, 0.6) is 0 Å². The minimum absolute atomic E-state index is 0.136. The van der Waals surface area contributed by atoms with Gasteiger partial charge in [-0.15, -0.1) is 0 Å². The summed E-state index contributed by atoms with van der Waals surface area (Å²) >= 11 is 0. The molecular formula is C14H28N2O. The van der Waals surface area contributed by atoms with Gasteiger partial charge < -0.3 is 10.6 Å².